The molecule has 1 amide bonds. The molecule has 0 unspecified atom stereocenters. The first-order valence-electron chi connectivity index (χ1n) is 3.13. The first-order chi connectivity index (χ1) is 5.82. The normalized spacial score (nSPS) is 11.5. The number of rotatable bonds is 2. The van der Waals surface area contributed by atoms with Crippen molar-refractivity contribution in [3.8, 4) is 0 Å². The van der Waals surface area contributed by atoms with Gasteiger partial charge < -0.3 is 10.3 Å². The topological polar surface area (TPSA) is 115 Å². The molecule has 1 aromatic heterocycles. The number of carbonyl (C=O) groups is 1. The Morgan fingerprint density at radius 1 is 1.69 bits per heavy atom. The van der Waals surface area contributed by atoms with Gasteiger partial charge in [-0.1, -0.05) is 0 Å². The van der Waals surface area contributed by atoms with E-state index in [0.717, 1.165) is 10.8 Å². The number of primary amides is 1. The molecule has 0 radical (unpaired) electrons. The Hall–Kier alpha value is -1.41. The van der Waals surface area contributed by atoms with E-state index in [1.807, 2.05) is 0 Å². The number of imidazole rings is 1. The number of nitrogens with two attached hydrogens (primary N) is 1. The summed E-state index contributed by atoms with van der Waals surface area (Å²) in [4.78, 5) is 14.0. The number of nitrogens with zero attached hydrogens (tertiary/aromatic N) is 2. The van der Waals surface area contributed by atoms with Crippen LogP contribution < -0.4 is 5.73 Å². The summed E-state index contributed by atoms with van der Waals surface area (Å²) in [5.74, 6) is -1.09. The van der Waals surface area contributed by atoms with E-state index >= 15 is 0 Å². The Balaban J connectivity index is 3.33. The molecule has 0 saturated carbocycles. The largest absolute Gasteiger partial charge is 0.363 e. The molecule has 1 aromatic rings. The van der Waals surface area contributed by atoms with E-state index in [2.05, 4.69) is 4.98 Å². The number of carbonyl (C=O) groups excluding carboxylic acids is 1. The van der Waals surface area contributed by atoms with Crippen LogP contribution >= 0.6 is 0 Å². The van der Waals surface area contributed by atoms with E-state index < -0.39 is 21.1 Å². The van der Waals surface area contributed by atoms with Crippen molar-refractivity contribution in [1.82, 2.24) is 9.55 Å². The second-order valence-electron chi connectivity index (χ2n) is 2.35. The molecule has 3 N–H and O–H groups in total. The molecule has 0 aliphatic heterocycles. The van der Waals surface area contributed by atoms with Crippen molar-refractivity contribution in [2.75, 3.05) is 0 Å². The van der Waals surface area contributed by atoms with Crippen LogP contribution in [0.2, 0.25) is 0 Å². The third-order valence-electron chi connectivity index (χ3n) is 1.34. The lowest BCUT2D eigenvalue weighted by atomic mass is 10.6. The molecule has 0 fully saturated rings. The van der Waals surface area contributed by atoms with Gasteiger partial charge in [-0.25, -0.2) is 4.98 Å². The number of aryl methyl sites for hydroxylation is 1. The first-order valence-corrected chi connectivity index (χ1v) is 4.57. The predicted molar refractivity (Wildman–Crippen MR) is 41.5 cm³/mol. The summed E-state index contributed by atoms with van der Waals surface area (Å²) in [6, 6.07) is 0. The molecule has 1 rings (SSSR count). The molecule has 0 atom stereocenters. The van der Waals surface area contributed by atoms with Crippen LogP contribution in [0, 0.1) is 0 Å². The van der Waals surface area contributed by atoms with Crippen LogP contribution in [0.15, 0.2) is 11.2 Å². The standard InChI is InChI=1S/C5H7N3O4S/c1-8-2-3(13(10,11)12)7-5(8)4(6)9/h2H,1H3,(H2,6,9)(H,10,11,12). The molecule has 0 saturated heterocycles. The third kappa shape index (κ3) is 1.84. The fourth-order valence-corrected chi connectivity index (χ4v) is 1.29. The van der Waals surface area contributed by atoms with Crippen LogP contribution in [0.4, 0.5) is 0 Å². The van der Waals surface area contributed by atoms with Crippen molar-refractivity contribution in [1.29, 1.82) is 0 Å². The molecule has 0 bridgehead atoms. The zero-order valence-corrected chi connectivity index (χ0v) is 7.45. The highest BCUT2D eigenvalue weighted by Crippen LogP contribution is 2.06. The van der Waals surface area contributed by atoms with Gasteiger partial charge in [0.25, 0.3) is 5.91 Å². The fraction of sp³-hybridized carbons (Fsp3) is 0.200. The van der Waals surface area contributed by atoms with Gasteiger partial charge in [0, 0.05) is 13.2 Å². The zero-order chi connectivity index (χ0) is 10.2. The molecule has 0 aliphatic rings. The van der Waals surface area contributed by atoms with Gasteiger partial charge >= 0.3 is 10.1 Å². The highest BCUT2D eigenvalue weighted by molar-refractivity contribution is 7.85. The van der Waals surface area contributed by atoms with E-state index in [1.54, 1.807) is 0 Å². The maximum Gasteiger partial charge on any atom is 0.313 e. The lowest BCUT2D eigenvalue weighted by Crippen LogP contribution is -2.16. The van der Waals surface area contributed by atoms with Gasteiger partial charge in [0.1, 0.15) is 0 Å². The van der Waals surface area contributed by atoms with Gasteiger partial charge in [-0.05, 0) is 0 Å². The quantitative estimate of drug-likeness (QED) is 0.586. The smallest absolute Gasteiger partial charge is 0.313 e. The summed E-state index contributed by atoms with van der Waals surface area (Å²) >= 11 is 0. The van der Waals surface area contributed by atoms with Gasteiger partial charge in [-0.2, -0.15) is 8.42 Å². The molecule has 72 valence electrons. The summed E-state index contributed by atoms with van der Waals surface area (Å²) in [7, 11) is -2.99. The van der Waals surface area contributed by atoms with Gasteiger partial charge in [0.2, 0.25) is 5.03 Å². The van der Waals surface area contributed by atoms with Crippen molar-refractivity contribution in [3.63, 3.8) is 0 Å². The van der Waals surface area contributed by atoms with Crippen LogP contribution in [0.3, 0.4) is 0 Å². The van der Waals surface area contributed by atoms with Crippen LogP contribution in [-0.4, -0.2) is 28.4 Å². The lowest BCUT2D eigenvalue weighted by molar-refractivity contribution is 0.0987. The first kappa shape index (κ1) is 9.68. The van der Waals surface area contributed by atoms with E-state index in [-0.39, 0.29) is 5.82 Å². The van der Waals surface area contributed by atoms with Gasteiger partial charge in [-0.15, -0.1) is 0 Å². The van der Waals surface area contributed by atoms with Crippen LogP contribution in [0.1, 0.15) is 10.6 Å². The average molecular weight is 205 g/mol. The van der Waals surface area contributed by atoms with Crippen LogP contribution in [0.5, 0.6) is 0 Å². The Bertz CT molecular complexity index is 446. The summed E-state index contributed by atoms with van der Waals surface area (Å²) in [5, 5.41) is -0.594. The van der Waals surface area contributed by atoms with Crippen LogP contribution in [0.25, 0.3) is 0 Å². The fourth-order valence-electron chi connectivity index (χ4n) is 0.792. The summed E-state index contributed by atoms with van der Waals surface area (Å²) in [5.41, 5.74) is 4.87. The summed E-state index contributed by atoms with van der Waals surface area (Å²) in [6.45, 7) is 0. The Morgan fingerprint density at radius 3 is 2.46 bits per heavy atom. The number of aromatic nitrogens is 2. The maximum atomic E-state index is 10.6. The van der Waals surface area contributed by atoms with Gasteiger partial charge in [0.05, 0.1) is 0 Å². The Kier molecular flexibility index (Phi) is 2.10. The molecular weight excluding hydrogens is 198 g/mol. The second kappa shape index (κ2) is 2.82. The molecule has 0 aromatic carbocycles. The minimum Gasteiger partial charge on any atom is -0.363 e. The summed E-state index contributed by atoms with van der Waals surface area (Å²) in [6.07, 6.45) is 0.995. The number of hydrogen-bond acceptors (Lipinski definition) is 4. The SMILES string of the molecule is Cn1cc(S(=O)(=O)O)nc1C(N)=O. The van der Waals surface area contributed by atoms with Crippen molar-refractivity contribution >= 4 is 16.0 Å². The number of amides is 1. The van der Waals surface area contributed by atoms with Gasteiger partial charge in [0.15, 0.2) is 5.82 Å². The lowest BCUT2D eigenvalue weighted by Gasteiger charge is -1.91. The van der Waals surface area contributed by atoms with Crippen molar-refractivity contribution in [3.05, 3.63) is 12.0 Å². The molecular formula is C5H7N3O4S. The van der Waals surface area contributed by atoms with E-state index in [9.17, 15) is 13.2 Å². The van der Waals surface area contributed by atoms with Crippen molar-refractivity contribution in [2.24, 2.45) is 12.8 Å². The Labute approximate surface area is 73.9 Å². The molecule has 8 heteroatoms. The minimum atomic E-state index is -4.38. The third-order valence-corrected chi connectivity index (χ3v) is 2.06. The summed E-state index contributed by atoms with van der Waals surface area (Å²) < 4.78 is 30.8. The zero-order valence-electron chi connectivity index (χ0n) is 6.63. The van der Waals surface area contributed by atoms with Crippen molar-refractivity contribution in [2.45, 2.75) is 5.03 Å². The highest BCUT2D eigenvalue weighted by atomic mass is 32.2. The van der Waals surface area contributed by atoms with Crippen LogP contribution in [-0.2, 0) is 17.2 Å². The predicted octanol–water partition coefficient (Wildman–Crippen LogP) is -1.23. The van der Waals surface area contributed by atoms with E-state index in [0.29, 0.717) is 0 Å². The highest BCUT2D eigenvalue weighted by Gasteiger charge is 2.18. The minimum absolute atomic E-state index is 0.229. The Morgan fingerprint density at radius 2 is 2.23 bits per heavy atom. The molecule has 1 heterocycles. The van der Waals surface area contributed by atoms with Gasteiger partial charge in [-0.3, -0.25) is 9.35 Å². The van der Waals surface area contributed by atoms with Crippen molar-refractivity contribution < 1.29 is 17.8 Å². The molecule has 0 spiro atoms. The van der Waals surface area contributed by atoms with E-state index in [4.69, 9.17) is 10.3 Å². The number of hydrogen-bond donors (Lipinski definition) is 2. The van der Waals surface area contributed by atoms with E-state index in [1.165, 1.54) is 7.05 Å². The molecule has 7 nitrogen and oxygen atoms in total. The molecule has 0 aliphatic carbocycles. The average Bonchev–Trinajstić information content (AvgIpc) is 2.29. The second-order valence-corrected chi connectivity index (χ2v) is 3.72. The molecule has 13 heavy (non-hydrogen) atoms. The maximum absolute atomic E-state index is 10.6. The monoisotopic (exact) mass is 205 g/mol.